The molecule has 0 saturated carbocycles. The summed E-state index contributed by atoms with van der Waals surface area (Å²) < 4.78 is 0. The third kappa shape index (κ3) is 6.54. The third-order valence-corrected chi connectivity index (χ3v) is 4.64. The highest BCUT2D eigenvalue weighted by Crippen LogP contribution is 2.37. The van der Waals surface area contributed by atoms with Crippen LogP contribution >= 0.6 is 0 Å². The fourth-order valence-electron chi connectivity index (χ4n) is 3.35. The maximum absolute atomic E-state index is 10.2. The smallest absolute Gasteiger partial charge is 0.119 e. The first-order chi connectivity index (χ1) is 10.2. The van der Waals surface area contributed by atoms with Crippen LogP contribution in [0.25, 0.3) is 0 Å². The van der Waals surface area contributed by atoms with Crippen LogP contribution in [0.4, 0.5) is 0 Å². The highest BCUT2D eigenvalue weighted by atomic mass is 16.3. The molecule has 0 saturated heterocycles. The highest BCUT2D eigenvalue weighted by Gasteiger charge is 2.20. The first-order valence-corrected chi connectivity index (χ1v) is 8.98. The molecule has 2 unspecified atom stereocenters. The van der Waals surface area contributed by atoms with Gasteiger partial charge in [0.05, 0.1) is 0 Å². The summed E-state index contributed by atoms with van der Waals surface area (Å²) in [5.74, 6) is 1.65. The molecule has 0 aliphatic rings. The second-order valence-corrected chi connectivity index (χ2v) is 6.49. The van der Waals surface area contributed by atoms with Crippen LogP contribution in [0.5, 0.6) is 5.75 Å². The molecule has 0 spiro atoms. The number of aromatic hydroxyl groups is 1. The molecule has 0 radical (unpaired) electrons. The van der Waals surface area contributed by atoms with E-state index in [9.17, 15) is 5.11 Å². The van der Waals surface area contributed by atoms with Gasteiger partial charge in [0.2, 0.25) is 0 Å². The van der Waals surface area contributed by atoms with Crippen LogP contribution in [0.15, 0.2) is 24.3 Å². The Morgan fingerprint density at radius 1 is 0.857 bits per heavy atom. The molecule has 0 heterocycles. The largest absolute Gasteiger partial charge is 0.508 e. The van der Waals surface area contributed by atoms with Gasteiger partial charge in [0.1, 0.15) is 5.75 Å². The Morgan fingerprint density at radius 2 is 1.52 bits per heavy atom. The SMILES string of the molecule is CCCCCCCCC(c1ccccc1O)C(C)CCC. The van der Waals surface area contributed by atoms with Gasteiger partial charge in [-0.15, -0.1) is 0 Å². The van der Waals surface area contributed by atoms with Crippen molar-refractivity contribution in [3.05, 3.63) is 29.8 Å². The molecule has 1 aromatic rings. The lowest BCUT2D eigenvalue weighted by atomic mass is 9.80. The minimum atomic E-state index is 0.483. The van der Waals surface area contributed by atoms with Crippen molar-refractivity contribution in [2.45, 2.75) is 84.5 Å². The fourth-order valence-corrected chi connectivity index (χ4v) is 3.35. The Hall–Kier alpha value is -0.980. The number of rotatable bonds is 11. The van der Waals surface area contributed by atoms with E-state index < -0.39 is 0 Å². The molecule has 0 aromatic heterocycles. The molecule has 1 N–H and O–H groups in total. The average Bonchev–Trinajstić information content (AvgIpc) is 2.48. The van der Waals surface area contributed by atoms with Crippen LogP contribution in [0, 0.1) is 5.92 Å². The van der Waals surface area contributed by atoms with Gasteiger partial charge in [-0.25, -0.2) is 0 Å². The zero-order valence-electron chi connectivity index (χ0n) is 14.3. The van der Waals surface area contributed by atoms with Gasteiger partial charge in [-0.3, -0.25) is 0 Å². The summed E-state index contributed by atoms with van der Waals surface area (Å²) in [6.07, 6.45) is 11.7. The Kier molecular flexibility index (Phi) is 9.21. The molecule has 1 nitrogen and oxygen atoms in total. The number of hydrogen-bond donors (Lipinski definition) is 1. The number of phenolic OH excluding ortho intramolecular Hbond substituents is 1. The molecule has 21 heavy (non-hydrogen) atoms. The molecule has 1 rings (SSSR count). The van der Waals surface area contributed by atoms with Crippen molar-refractivity contribution in [2.75, 3.05) is 0 Å². The van der Waals surface area contributed by atoms with Gasteiger partial charge in [0.15, 0.2) is 0 Å². The molecular formula is C20H34O. The molecule has 0 amide bonds. The van der Waals surface area contributed by atoms with Crippen LogP contribution in [-0.4, -0.2) is 5.11 Å². The van der Waals surface area contributed by atoms with Crippen LogP contribution in [0.1, 0.15) is 90.0 Å². The maximum Gasteiger partial charge on any atom is 0.119 e. The van der Waals surface area contributed by atoms with E-state index in [-0.39, 0.29) is 0 Å². The zero-order valence-corrected chi connectivity index (χ0v) is 14.3. The quantitative estimate of drug-likeness (QED) is 0.452. The van der Waals surface area contributed by atoms with Crippen molar-refractivity contribution in [3.8, 4) is 5.75 Å². The number of benzene rings is 1. The van der Waals surface area contributed by atoms with Gasteiger partial charge >= 0.3 is 0 Å². The van der Waals surface area contributed by atoms with E-state index >= 15 is 0 Å². The maximum atomic E-state index is 10.2. The van der Waals surface area contributed by atoms with E-state index in [1.54, 1.807) is 0 Å². The van der Waals surface area contributed by atoms with E-state index in [0.29, 0.717) is 17.6 Å². The summed E-state index contributed by atoms with van der Waals surface area (Å²) in [6.45, 7) is 6.86. The average molecular weight is 290 g/mol. The summed E-state index contributed by atoms with van der Waals surface area (Å²) in [5, 5.41) is 10.2. The first-order valence-electron chi connectivity index (χ1n) is 8.98. The van der Waals surface area contributed by atoms with Crippen molar-refractivity contribution in [2.24, 2.45) is 5.92 Å². The summed E-state index contributed by atoms with van der Waals surface area (Å²) in [7, 11) is 0. The molecule has 0 aliphatic heterocycles. The van der Waals surface area contributed by atoms with Crippen LogP contribution in [0.2, 0.25) is 0 Å². The lowest BCUT2D eigenvalue weighted by Gasteiger charge is -2.25. The predicted octanol–water partition coefficient (Wildman–Crippen LogP) is 6.66. The van der Waals surface area contributed by atoms with Gasteiger partial charge in [-0.1, -0.05) is 90.3 Å². The molecule has 0 fully saturated rings. The normalized spacial score (nSPS) is 14.0. The minimum Gasteiger partial charge on any atom is -0.508 e. The highest BCUT2D eigenvalue weighted by molar-refractivity contribution is 5.35. The molecule has 120 valence electrons. The van der Waals surface area contributed by atoms with Crippen molar-refractivity contribution < 1.29 is 5.11 Å². The number of para-hydroxylation sites is 1. The Labute approximate surface area is 131 Å². The van der Waals surface area contributed by atoms with Gasteiger partial charge in [0.25, 0.3) is 0 Å². The second kappa shape index (κ2) is 10.7. The van der Waals surface area contributed by atoms with E-state index in [2.05, 4.69) is 32.9 Å². The Bertz CT molecular complexity index is 372. The minimum absolute atomic E-state index is 0.483. The summed E-state index contributed by atoms with van der Waals surface area (Å²) in [5.41, 5.74) is 1.16. The molecular weight excluding hydrogens is 256 g/mol. The van der Waals surface area contributed by atoms with Gasteiger partial charge in [0, 0.05) is 0 Å². The van der Waals surface area contributed by atoms with E-state index in [1.165, 1.54) is 57.8 Å². The molecule has 0 aliphatic carbocycles. The van der Waals surface area contributed by atoms with Gasteiger partial charge in [-0.05, 0) is 29.9 Å². The topological polar surface area (TPSA) is 20.2 Å². The number of phenols is 1. The fraction of sp³-hybridized carbons (Fsp3) is 0.700. The van der Waals surface area contributed by atoms with E-state index in [4.69, 9.17) is 0 Å². The lowest BCUT2D eigenvalue weighted by molar-refractivity contribution is 0.373. The van der Waals surface area contributed by atoms with Crippen LogP contribution < -0.4 is 0 Å². The molecule has 0 bridgehead atoms. The predicted molar refractivity (Wildman–Crippen MR) is 92.9 cm³/mol. The Morgan fingerprint density at radius 3 is 2.19 bits per heavy atom. The lowest BCUT2D eigenvalue weighted by Crippen LogP contribution is -2.10. The summed E-state index contributed by atoms with van der Waals surface area (Å²) in [6, 6.07) is 7.93. The number of hydrogen-bond acceptors (Lipinski definition) is 1. The molecule has 1 heteroatoms. The van der Waals surface area contributed by atoms with Crippen molar-refractivity contribution in [3.63, 3.8) is 0 Å². The zero-order chi connectivity index (χ0) is 15.5. The van der Waals surface area contributed by atoms with Gasteiger partial charge in [-0.2, -0.15) is 0 Å². The number of unbranched alkanes of at least 4 members (excludes halogenated alkanes) is 5. The molecule has 1 aromatic carbocycles. The van der Waals surface area contributed by atoms with Crippen molar-refractivity contribution >= 4 is 0 Å². The van der Waals surface area contributed by atoms with Crippen LogP contribution in [-0.2, 0) is 0 Å². The summed E-state index contributed by atoms with van der Waals surface area (Å²) >= 11 is 0. The van der Waals surface area contributed by atoms with Crippen molar-refractivity contribution in [1.82, 2.24) is 0 Å². The first kappa shape index (κ1) is 18.1. The molecule has 2 atom stereocenters. The summed E-state index contributed by atoms with van der Waals surface area (Å²) in [4.78, 5) is 0. The van der Waals surface area contributed by atoms with E-state index in [1.807, 2.05) is 12.1 Å². The van der Waals surface area contributed by atoms with Crippen molar-refractivity contribution in [1.29, 1.82) is 0 Å². The van der Waals surface area contributed by atoms with Crippen LogP contribution in [0.3, 0.4) is 0 Å². The Balaban J connectivity index is 2.55. The van der Waals surface area contributed by atoms with E-state index in [0.717, 1.165) is 5.56 Å². The third-order valence-electron chi connectivity index (χ3n) is 4.64. The second-order valence-electron chi connectivity index (χ2n) is 6.49. The van der Waals surface area contributed by atoms with Gasteiger partial charge < -0.3 is 5.11 Å². The standard InChI is InChI=1S/C20H34O/c1-4-6-7-8-9-10-14-18(17(3)13-5-2)19-15-11-12-16-20(19)21/h11-12,15-18,21H,4-10,13-14H2,1-3H3. The monoisotopic (exact) mass is 290 g/mol.